The summed E-state index contributed by atoms with van der Waals surface area (Å²) in [5, 5.41) is 10.8. The summed E-state index contributed by atoms with van der Waals surface area (Å²) in [6, 6.07) is 19.2. The summed E-state index contributed by atoms with van der Waals surface area (Å²) < 4.78 is 13.2. The van der Waals surface area contributed by atoms with Crippen molar-refractivity contribution in [3.05, 3.63) is 90.3 Å². The number of carbonyl (C=O) groups is 1. The van der Waals surface area contributed by atoms with Gasteiger partial charge in [0.1, 0.15) is 22.8 Å². The number of hydrogen-bond donors (Lipinski definition) is 1. The van der Waals surface area contributed by atoms with Crippen molar-refractivity contribution in [2.24, 2.45) is 0 Å². The van der Waals surface area contributed by atoms with Crippen molar-refractivity contribution in [1.82, 2.24) is 0 Å². The minimum absolute atomic E-state index is 0.107. The molecule has 4 aromatic rings. The number of ether oxygens (including phenoxy) is 1. The summed E-state index contributed by atoms with van der Waals surface area (Å²) in [7, 11) is 0. The van der Waals surface area contributed by atoms with Gasteiger partial charge in [0.25, 0.3) is 0 Å². The van der Waals surface area contributed by atoms with Gasteiger partial charge < -0.3 is 14.3 Å². The molecule has 0 aliphatic rings. The minimum Gasteiger partial charge on any atom is -0.506 e. The van der Waals surface area contributed by atoms with Crippen LogP contribution < -0.4 is 4.74 Å². The Morgan fingerprint density at radius 2 is 1.74 bits per heavy atom. The predicted octanol–water partition coefficient (Wildman–Crippen LogP) is 6.76. The number of furan rings is 1. The number of ketones is 1. The van der Waals surface area contributed by atoms with Crippen molar-refractivity contribution in [2.45, 2.75) is 19.8 Å². The Kier molecular flexibility index (Phi) is 6.86. The second-order valence-corrected chi connectivity index (χ2v) is 9.44. The minimum atomic E-state index is -0.107. The molecule has 0 aliphatic heterocycles. The lowest BCUT2D eigenvalue weighted by atomic mass is 9.99. The number of fused-ring (bicyclic) bond motifs is 1. The highest BCUT2D eigenvalue weighted by Crippen LogP contribution is 2.33. The molecule has 0 saturated heterocycles. The molecule has 0 radical (unpaired) electrons. The molecule has 1 heterocycles. The summed E-state index contributed by atoms with van der Waals surface area (Å²) in [6.45, 7) is 2.53. The van der Waals surface area contributed by atoms with Gasteiger partial charge in [0, 0.05) is 29.9 Å². The molecule has 0 aliphatic carbocycles. The third-order valence-corrected chi connectivity index (χ3v) is 6.71. The Balaban J connectivity index is 1.61. The van der Waals surface area contributed by atoms with Gasteiger partial charge in [0.2, 0.25) is 0 Å². The van der Waals surface area contributed by atoms with Crippen LogP contribution in [0.4, 0.5) is 0 Å². The Hall–Kier alpha value is -2.07. The smallest absolute Gasteiger partial charge is 0.197 e. The van der Waals surface area contributed by atoms with E-state index in [1.54, 1.807) is 12.1 Å². The normalized spacial score (nSPS) is 11.1. The van der Waals surface area contributed by atoms with Crippen molar-refractivity contribution in [2.75, 3.05) is 6.61 Å². The zero-order valence-corrected chi connectivity index (χ0v) is 21.1. The average molecular weight is 638 g/mol. The first kappa shape index (κ1) is 22.1. The van der Waals surface area contributed by atoms with Gasteiger partial charge in [0.05, 0.1) is 19.3 Å². The third-order valence-electron chi connectivity index (χ3n) is 5.06. The van der Waals surface area contributed by atoms with E-state index in [9.17, 15) is 9.90 Å². The van der Waals surface area contributed by atoms with E-state index in [0.29, 0.717) is 48.4 Å². The van der Waals surface area contributed by atoms with Gasteiger partial charge in [-0.1, -0.05) is 37.3 Å². The van der Waals surface area contributed by atoms with Crippen LogP contribution in [-0.4, -0.2) is 17.5 Å². The Morgan fingerprint density at radius 1 is 1.03 bits per heavy atom. The van der Waals surface area contributed by atoms with Gasteiger partial charge in [-0.25, -0.2) is 0 Å². The van der Waals surface area contributed by atoms with Crippen molar-refractivity contribution in [1.29, 1.82) is 0 Å². The van der Waals surface area contributed by atoms with E-state index in [-0.39, 0.29) is 11.5 Å². The van der Waals surface area contributed by atoms with Crippen LogP contribution in [0.1, 0.15) is 34.2 Å². The largest absolute Gasteiger partial charge is 0.506 e. The fourth-order valence-electron chi connectivity index (χ4n) is 3.49. The standard InChI is InChI=1S/C25H20I2O4/c1-2-21-23(24(28)16-12-19(26)25(29)20(27)13-16)18-9-8-17(14-22(18)31-21)30-11-10-15-6-4-3-5-7-15/h3-9,12-14,29H,2,10-11H2,1H3. The molecule has 1 N–H and O–H groups in total. The molecule has 4 nitrogen and oxygen atoms in total. The molecule has 6 heteroatoms. The molecule has 0 spiro atoms. The van der Waals surface area contributed by atoms with E-state index in [1.807, 2.05) is 88.5 Å². The highest BCUT2D eigenvalue weighted by molar-refractivity contribution is 14.1. The van der Waals surface area contributed by atoms with Crippen LogP contribution in [0.15, 0.2) is 65.1 Å². The van der Waals surface area contributed by atoms with Gasteiger partial charge in [-0.3, -0.25) is 4.79 Å². The lowest BCUT2D eigenvalue weighted by Gasteiger charge is -2.07. The van der Waals surface area contributed by atoms with Gasteiger partial charge in [-0.15, -0.1) is 0 Å². The predicted molar refractivity (Wildman–Crippen MR) is 138 cm³/mol. The van der Waals surface area contributed by atoms with Gasteiger partial charge in [-0.05, 0) is 75.0 Å². The lowest BCUT2D eigenvalue weighted by Crippen LogP contribution is -2.05. The molecule has 0 amide bonds. The first-order chi connectivity index (χ1) is 15.0. The van der Waals surface area contributed by atoms with E-state index >= 15 is 0 Å². The number of phenols is 1. The molecule has 3 aromatic carbocycles. The highest BCUT2D eigenvalue weighted by atomic mass is 127. The molecule has 0 atom stereocenters. The Morgan fingerprint density at radius 3 is 2.42 bits per heavy atom. The fraction of sp³-hybridized carbons (Fsp3) is 0.160. The second-order valence-electron chi connectivity index (χ2n) is 7.11. The van der Waals surface area contributed by atoms with Crippen molar-refractivity contribution >= 4 is 61.9 Å². The molecule has 0 saturated carbocycles. The Labute approximate surface area is 207 Å². The molecule has 0 bridgehead atoms. The molecule has 4 rings (SSSR count). The number of halogens is 2. The lowest BCUT2D eigenvalue weighted by molar-refractivity contribution is 0.103. The van der Waals surface area contributed by atoms with E-state index in [2.05, 4.69) is 12.1 Å². The maximum absolute atomic E-state index is 13.4. The summed E-state index contributed by atoms with van der Waals surface area (Å²) in [5.74, 6) is 1.46. The van der Waals surface area contributed by atoms with Gasteiger partial charge >= 0.3 is 0 Å². The fourth-order valence-corrected chi connectivity index (χ4v) is 5.26. The first-order valence-electron chi connectivity index (χ1n) is 9.92. The number of benzene rings is 3. The number of hydrogen-bond acceptors (Lipinski definition) is 4. The van der Waals surface area contributed by atoms with Crippen molar-refractivity contribution in [3.8, 4) is 11.5 Å². The first-order valence-corrected chi connectivity index (χ1v) is 12.1. The maximum Gasteiger partial charge on any atom is 0.197 e. The van der Waals surface area contributed by atoms with E-state index in [1.165, 1.54) is 5.56 Å². The van der Waals surface area contributed by atoms with Crippen LogP contribution in [-0.2, 0) is 12.8 Å². The summed E-state index contributed by atoms with van der Waals surface area (Å²) in [5.41, 5.74) is 2.97. The zero-order valence-electron chi connectivity index (χ0n) is 16.8. The maximum atomic E-state index is 13.4. The highest BCUT2D eigenvalue weighted by Gasteiger charge is 2.23. The van der Waals surface area contributed by atoms with Crippen LogP contribution >= 0.6 is 45.2 Å². The molecular formula is C25H20I2O4. The number of phenolic OH excluding ortho intramolecular Hbond substituents is 1. The molecule has 31 heavy (non-hydrogen) atoms. The van der Waals surface area contributed by atoms with Crippen LogP contribution in [0.25, 0.3) is 11.0 Å². The van der Waals surface area contributed by atoms with Crippen LogP contribution in [0.3, 0.4) is 0 Å². The zero-order chi connectivity index (χ0) is 22.0. The third kappa shape index (κ3) is 4.74. The SMILES string of the molecule is CCc1oc2cc(OCCc3ccccc3)ccc2c1C(=O)c1cc(I)c(O)c(I)c1. The summed E-state index contributed by atoms with van der Waals surface area (Å²) in [4.78, 5) is 13.4. The number of rotatable bonds is 7. The average Bonchev–Trinajstić information content (AvgIpc) is 3.15. The van der Waals surface area contributed by atoms with Crippen molar-refractivity contribution < 1.29 is 19.1 Å². The van der Waals surface area contributed by atoms with Crippen LogP contribution in [0.5, 0.6) is 11.5 Å². The van der Waals surface area contributed by atoms with E-state index in [4.69, 9.17) is 9.15 Å². The monoisotopic (exact) mass is 638 g/mol. The molecule has 0 unspecified atom stereocenters. The quantitative estimate of drug-likeness (QED) is 0.180. The molecular weight excluding hydrogens is 618 g/mol. The Bertz CT molecular complexity index is 1220. The number of aryl methyl sites for hydroxylation is 1. The van der Waals surface area contributed by atoms with Gasteiger partial charge in [0.15, 0.2) is 5.78 Å². The second kappa shape index (κ2) is 9.60. The number of aromatic hydroxyl groups is 1. The van der Waals surface area contributed by atoms with E-state index in [0.717, 1.165) is 11.8 Å². The summed E-state index contributed by atoms with van der Waals surface area (Å²) in [6.07, 6.45) is 1.42. The van der Waals surface area contributed by atoms with Gasteiger partial charge in [-0.2, -0.15) is 0 Å². The summed E-state index contributed by atoms with van der Waals surface area (Å²) >= 11 is 4.07. The molecule has 0 fully saturated rings. The van der Waals surface area contributed by atoms with E-state index < -0.39 is 0 Å². The molecule has 158 valence electrons. The number of carbonyl (C=O) groups excluding carboxylic acids is 1. The molecule has 1 aromatic heterocycles. The van der Waals surface area contributed by atoms with Crippen LogP contribution in [0.2, 0.25) is 0 Å². The van der Waals surface area contributed by atoms with Crippen molar-refractivity contribution in [3.63, 3.8) is 0 Å². The topological polar surface area (TPSA) is 59.7 Å². The van der Waals surface area contributed by atoms with Crippen LogP contribution in [0, 0.1) is 7.14 Å².